The smallest absolute Gasteiger partial charge is 0.334 e. The van der Waals surface area contributed by atoms with Gasteiger partial charge in [-0.05, 0) is 37.2 Å². The molecule has 0 bridgehead atoms. The molecule has 27 heavy (non-hydrogen) atoms. The van der Waals surface area contributed by atoms with E-state index in [0.29, 0.717) is 36.9 Å². The molecule has 1 aliphatic carbocycles. The number of H-pyrrole nitrogens is 1. The summed E-state index contributed by atoms with van der Waals surface area (Å²) in [4.78, 5) is 24.2. The zero-order valence-corrected chi connectivity index (χ0v) is 15.7. The standard InChI is InChI=1S/C18H27F3N4O2/c1-3-12-13(16(26)25-24-14(12)4-2)10-22-17(27)23-15(18(19,20)21)11-8-6-5-7-9-11/h11,15H,3-10H2,1-2H3,(H,25,26)(H2,22,23,27). The highest BCUT2D eigenvalue weighted by Crippen LogP contribution is 2.34. The Morgan fingerprint density at radius 3 is 2.41 bits per heavy atom. The van der Waals surface area contributed by atoms with Crippen LogP contribution >= 0.6 is 0 Å². The third-order valence-corrected chi connectivity index (χ3v) is 5.15. The summed E-state index contributed by atoms with van der Waals surface area (Å²) in [5, 5.41) is 10.8. The van der Waals surface area contributed by atoms with Crippen LogP contribution in [0.5, 0.6) is 0 Å². The lowest BCUT2D eigenvalue weighted by molar-refractivity contribution is -0.167. The van der Waals surface area contributed by atoms with Gasteiger partial charge >= 0.3 is 12.2 Å². The highest BCUT2D eigenvalue weighted by atomic mass is 19.4. The number of amides is 2. The number of carbonyl (C=O) groups is 1. The number of hydrogen-bond donors (Lipinski definition) is 3. The van der Waals surface area contributed by atoms with E-state index in [2.05, 4.69) is 20.8 Å². The van der Waals surface area contributed by atoms with Gasteiger partial charge in [0.25, 0.3) is 5.56 Å². The van der Waals surface area contributed by atoms with Crippen molar-refractivity contribution in [2.75, 3.05) is 0 Å². The highest BCUT2D eigenvalue weighted by Gasteiger charge is 2.45. The Hall–Kier alpha value is -2.06. The minimum Gasteiger partial charge on any atom is -0.334 e. The van der Waals surface area contributed by atoms with E-state index in [1.165, 1.54) is 0 Å². The number of nitrogens with zero attached hydrogens (tertiary/aromatic N) is 1. The van der Waals surface area contributed by atoms with Gasteiger partial charge in [0.1, 0.15) is 6.04 Å². The molecule has 6 nitrogen and oxygen atoms in total. The van der Waals surface area contributed by atoms with Crippen LogP contribution in [0.4, 0.5) is 18.0 Å². The molecule has 0 spiro atoms. The van der Waals surface area contributed by atoms with Crippen LogP contribution in [0, 0.1) is 5.92 Å². The van der Waals surface area contributed by atoms with Crippen molar-refractivity contribution < 1.29 is 18.0 Å². The number of hydrogen-bond acceptors (Lipinski definition) is 3. The first-order chi connectivity index (χ1) is 12.8. The molecule has 9 heteroatoms. The summed E-state index contributed by atoms with van der Waals surface area (Å²) in [5.74, 6) is -0.605. The minimum absolute atomic E-state index is 0.144. The summed E-state index contributed by atoms with van der Waals surface area (Å²) in [6, 6.07) is -2.79. The van der Waals surface area contributed by atoms with E-state index in [4.69, 9.17) is 0 Å². The van der Waals surface area contributed by atoms with Crippen LogP contribution in [0.15, 0.2) is 4.79 Å². The number of nitrogens with one attached hydrogen (secondary N) is 3. The van der Waals surface area contributed by atoms with Gasteiger partial charge in [0.15, 0.2) is 0 Å². The molecule has 1 fully saturated rings. The largest absolute Gasteiger partial charge is 0.408 e. The molecule has 0 saturated heterocycles. The van der Waals surface area contributed by atoms with Crippen molar-refractivity contribution in [1.82, 2.24) is 20.8 Å². The van der Waals surface area contributed by atoms with Gasteiger partial charge in [0, 0.05) is 5.56 Å². The van der Waals surface area contributed by atoms with E-state index in [1.54, 1.807) is 0 Å². The van der Waals surface area contributed by atoms with E-state index in [1.807, 2.05) is 13.8 Å². The third kappa shape index (κ3) is 5.46. The molecule has 1 atom stereocenters. The normalized spacial score (nSPS) is 16.8. The van der Waals surface area contributed by atoms with Crippen molar-refractivity contribution >= 4 is 6.03 Å². The van der Waals surface area contributed by atoms with Crippen molar-refractivity contribution in [3.63, 3.8) is 0 Å². The Morgan fingerprint density at radius 1 is 1.19 bits per heavy atom. The molecule has 0 aliphatic heterocycles. The molecule has 1 aliphatic rings. The van der Waals surface area contributed by atoms with Gasteiger partial charge in [-0.2, -0.15) is 18.3 Å². The molecule has 2 amide bonds. The van der Waals surface area contributed by atoms with Crippen molar-refractivity contribution in [2.45, 2.75) is 77.6 Å². The van der Waals surface area contributed by atoms with Crippen LogP contribution in [0.25, 0.3) is 0 Å². The average Bonchev–Trinajstić information content (AvgIpc) is 2.64. The molecule has 2 rings (SSSR count). The molecule has 1 saturated carbocycles. The number of aromatic amines is 1. The summed E-state index contributed by atoms with van der Waals surface area (Å²) in [6.45, 7) is 3.61. The summed E-state index contributed by atoms with van der Waals surface area (Å²) >= 11 is 0. The zero-order valence-electron chi connectivity index (χ0n) is 15.7. The number of aromatic nitrogens is 2. The van der Waals surface area contributed by atoms with Crippen molar-refractivity contribution in [2.24, 2.45) is 5.92 Å². The fraction of sp³-hybridized carbons (Fsp3) is 0.722. The number of halogens is 3. The molecule has 3 N–H and O–H groups in total. The van der Waals surface area contributed by atoms with E-state index in [9.17, 15) is 22.8 Å². The molecular formula is C18H27F3N4O2. The maximum Gasteiger partial charge on any atom is 0.408 e. The van der Waals surface area contributed by atoms with E-state index >= 15 is 0 Å². The second kappa shape index (κ2) is 9.23. The molecule has 1 unspecified atom stereocenters. The van der Waals surface area contributed by atoms with Gasteiger partial charge in [-0.25, -0.2) is 9.89 Å². The quantitative estimate of drug-likeness (QED) is 0.699. The lowest BCUT2D eigenvalue weighted by atomic mass is 9.83. The summed E-state index contributed by atoms with van der Waals surface area (Å²) in [5.41, 5.74) is 1.33. The van der Waals surface area contributed by atoms with Gasteiger partial charge in [-0.3, -0.25) is 4.79 Å². The van der Waals surface area contributed by atoms with Gasteiger partial charge in [0.05, 0.1) is 12.2 Å². The third-order valence-electron chi connectivity index (χ3n) is 5.15. The first-order valence-electron chi connectivity index (χ1n) is 9.48. The molecule has 1 aromatic rings. The van der Waals surface area contributed by atoms with Gasteiger partial charge in [0.2, 0.25) is 0 Å². The van der Waals surface area contributed by atoms with Gasteiger partial charge in [-0.15, -0.1) is 0 Å². The fourth-order valence-electron chi connectivity index (χ4n) is 3.76. The number of carbonyl (C=O) groups excluding carboxylic acids is 1. The second-order valence-electron chi connectivity index (χ2n) is 6.91. The Kier molecular flexibility index (Phi) is 7.26. The Balaban J connectivity index is 2.07. The van der Waals surface area contributed by atoms with Crippen LogP contribution in [0.2, 0.25) is 0 Å². The SMILES string of the molecule is CCc1n[nH]c(=O)c(CNC(=O)NC(C2CCCCC2)C(F)(F)F)c1CC. The first-order valence-corrected chi connectivity index (χ1v) is 9.48. The Morgan fingerprint density at radius 2 is 1.85 bits per heavy atom. The van der Waals surface area contributed by atoms with Crippen molar-refractivity contribution in [3.05, 3.63) is 27.2 Å². The molecule has 1 aromatic heterocycles. The predicted molar refractivity (Wildman–Crippen MR) is 95.4 cm³/mol. The van der Waals surface area contributed by atoms with Crippen molar-refractivity contribution in [1.29, 1.82) is 0 Å². The Labute approximate surface area is 156 Å². The zero-order chi connectivity index (χ0) is 20.0. The number of alkyl halides is 3. The molecule has 0 aromatic carbocycles. The molecule has 1 heterocycles. The van der Waals surface area contributed by atoms with Gasteiger partial charge in [-0.1, -0.05) is 33.1 Å². The molecular weight excluding hydrogens is 361 g/mol. The van der Waals surface area contributed by atoms with Crippen molar-refractivity contribution in [3.8, 4) is 0 Å². The van der Waals surface area contributed by atoms with Crippen LogP contribution in [0.1, 0.15) is 62.8 Å². The maximum absolute atomic E-state index is 13.4. The summed E-state index contributed by atoms with van der Waals surface area (Å²) in [7, 11) is 0. The summed E-state index contributed by atoms with van der Waals surface area (Å²) < 4.78 is 40.2. The lowest BCUT2D eigenvalue weighted by Gasteiger charge is -2.32. The number of aryl methyl sites for hydroxylation is 1. The monoisotopic (exact) mass is 388 g/mol. The van der Waals surface area contributed by atoms with Crippen LogP contribution in [-0.4, -0.2) is 28.4 Å². The van der Waals surface area contributed by atoms with Crippen LogP contribution in [-0.2, 0) is 19.4 Å². The fourth-order valence-corrected chi connectivity index (χ4v) is 3.76. The average molecular weight is 388 g/mol. The molecule has 0 radical (unpaired) electrons. The van der Waals surface area contributed by atoms with Crippen LogP contribution in [0.3, 0.4) is 0 Å². The topological polar surface area (TPSA) is 86.9 Å². The van der Waals surface area contributed by atoms with Gasteiger partial charge < -0.3 is 10.6 Å². The highest BCUT2D eigenvalue weighted by molar-refractivity contribution is 5.74. The van der Waals surface area contributed by atoms with E-state index < -0.39 is 29.7 Å². The molecule has 152 valence electrons. The number of urea groups is 1. The second-order valence-corrected chi connectivity index (χ2v) is 6.91. The summed E-state index contributed by atoms with van der Waals surface area (Å²) in [6.07, 6.45) is -0.0279. The maximum atomic E-state index is 13.4. The van der Waals surface area contributed by atoms with Crippen LogP contribution < -0.4 is 16.2 Å². The lowest BCUT2D eigenvalue weighted by Crippen LogP contribution is -2.53. The predicted octanol–water partition coefficient (Wildman–Crippen LogP) is 3.21. The first kappa shape index (κ1) is 21.2. The van der Waals surface area contributed by atoms with E-state index in [0.717, 1.165) is 24.8 Å². The van der Waals surface area contributed by atoms with E-state index in [-0.39, 0.29) is 6.54 Å². The minimum atomic E-state index is -4.50. The Bertz CT molecular complexity index is 697. The number of rotatable bonds is 6.